The van der Waals surface area contributed by atoms with Gasteiger partial charge in [0.05, 0.1) is 17.6 Å². The number of alkyl halides is 3. The molecule has 1 aromatic heterocycles. The molecule has 1 aromatic carbocycles. The fourth-order valence-corrected chi connectivity index (χ4v) is 4.45. The molecule has 4 heterocycles. The van der Waals surface area contributed by atoms with Crippen LogP contribution in [0.25, 0.3) is 5.69 Å². The zero-order valence-corrected chi connectivity index (χ0v) is 19.2. The summed E-state index contributed by atoms with van der Waals surface area (Å²) in [6.07, 6.45) is -1.47. The number of rotatable bonds is 3. The van der Waals surface area contributed by atoms with Crippen molar-refractivity contribution < 1.29 is 37.5 Å². The minimum atomic E-state index is -5.08. The van der Waals surface area contributed by atoms with Crippen molar-refractivity contribution in [3.05, 3.63) is 41.2 Å². The molecule has 0 radical (unpaired) electrons. The number of nitrogens with one attached hydrogen (secondary N) is 1. The maximum Gasteiger partial charge on any atom is 0.490 e. The van der Waals surface area contributed by atoms with E-state index in [1.165, 1.54) is 0 Å². The predicted molar refractivity (Wildman–Crippen MR) is 116 cm³/mol. The molecule has 3 amide bonds. The van der Waals surface area contributed by atoms with Crippen molar-refractivity contribution in [2.24, 2.45) is 0 Å². The lowest BCUT2D eigenvalue weighted by Crippen LogP contribution is -2.52. The van der Waals surface area contributed by atoms with Crippen molar-refractivity contribution in [1.82, 2.24) is 30.1 Å². The number of halogens is 3. The van der Waals surface area contributed by atoms with Gasteiger partial charge in [0.1, 0.15) is 6.04 Å². The number of carbonyl (C=O) groups is 4. The summed E-state index contributed by atoms with van der Waals surface area (Å²) < 4.78 is 33.4. The molecule has 36 heavy (non-hydrogen) atoms. The molecule has 3 aliphatic rings. The Bertz CT molecular complexity index is 1210. The lowest BCUT2D eigenvalue weighted by molar-refractivity contribution is -0.192. The molecular formula is C22H23F3N6O5. The molecule has 2 atom stereocenters. The highest BCUT2D eigenvalue weighted by Crippen LogP contribution is 2.30. The van der Waals surface area contributed by atoms with E-state index in [1.807, 2.05) is 24.4 Å². The normalized spacial score (nSPS) is 22.2. The smallest absolute Gasteiger partial charge is 0.475 e. The molecule has 2 aromatic rings. The molecule has 14 heteroatoms. The molecule has 2 unspecified atom stereocenters. The number of benzene rings is 1. The number of imide groups is 1. The van der Waals surface area contributed by atoms with E-state index in [0.29, 0.717) is 24.4 Å². The Morgan fingerprint density at radius 2 is 1.92 bits per heavy atom. The van der Waals surface area contributed by atoms with E-state index in [-0.39, 0.29) is 18.2 Å². The molecule has 0 aliphatic carbocycles. The van der Waals surface area contributed by atoms with Crippen molar-refractivity contribution in [3.8, 4) is 5.69 Å². The number of carbonyl (C=O) groups excluding carboxylic acids is 3. The molecule has 0 bridgehead atoms. The molecule has 5 rings (SSSR count). The summed E-state index contributed by atoms with van der Waals surface area (Å²) in [5, 5.41) is 18.0. The maximum absolute atomic E-state index is 13.0. The van der Waals surface area contributed by atoms with Gasteiger partial charge in [0.25, 0.3) is 5.91 Å². The van der Waals surface area contributed by atoms with Crippen LogP contribution in [-0.2, 0) is 20.9 Å². The van der Waals surface area contributed by atoms with Crippen LogP contribution in [0.3, 0.4) is 0 Å². The maximum atomic E-state index is 13.0. The fraction of sp³-hybridized carbons (Fsp3) is 0.455. The first-order valence-electron chi connectivity index (χ1n) is 11.1. The molecule has 0 spiro atoms. The molecule has 2 fully saturated rings. The third-order valence-electron chi connectivity index (χ3n) is 6.34. The minimum absolute atomic E-state index is 0.186. The first-order valence-corrected chi connectivity index (χ1v) is 11.1. The number of fused-ring (bicyclic) bond motifs is 1. The van der Waals surface area contributed by atoms with Crippen LogP contribution in [0.15, 0.2) is 24.4 Å². The second-order valence-corrected chi connectivity index (χ2v) is 8.88. The summed E-state index contributed by atoms with van der Waals surface area (Å²) >= 11 is 0. The van der Waals surface area contributed by atoms with E-state index >= 15 is 0 Å². The number of likely N-dealkylation sites (N-methyl/N-ethyl adjacent to an activating group) is 1. The summed E-state index contributed by atoms with van der Waals surface area (Å²) in [4.78, 5) is 49.3. The largest absolute Gasteiger partial charge is 0.490 e. The van der Waals surface area contributed by atoms with Gasteiger partial charge in [-0.3, -0.25) is 19.7 Å². The molecule has 3 aliphatic heterocycles. The first-order chi connectivity index (χ1) is 16.9. The summed E-state index contributed by atoms with van der Waals surface area (Å²) in [6, 6.07) is 5.02. The Balaban J connectivity index is 0.000000384. The Morgan fingerprint density at radius 1 is 1.19 bits per heavy atom. The van der Waals surface area contributed by atoms with Gasteiger partial charge < -0.3 is 14.9 Å². The van der Waals surface area contributed by atoms with Gasteiger partial charge in [-0.05, 0) is 44.1 Å². The van der Waals surface area contributed by atoms with Gasteiger partial charge >= 0.3 is 12.1 Å². The van der Waals surface area contributed by atoms with Gasteiger partial charge in [-0.1, -0.05) is 11.3 Å². The molecule has 2 N–H and O–H groups in total. The van der Waals surface area contributed by atoms with Crippen molar-refractivity contribution >= 4 is 23.7 Å². The number of likely N-dealkylation sites (tertiary alicyclic amines) is 1. The SMILES string of the molecule is CN1CCC(c2cn(-c3ccc4c(c3)C(=O)N(C3CCC(=O)NC3=O)C4)nn2)C1.O=C(O)C(F)(F)F. The third kappa shape index (κ3) is 5.22. The average Bonchev–Trinajstić information content (AvgIpc) is 3.53. The summed E-state index contributed by atoms with van der Waals surface area (Å²) in [7, 11) is 2.10. The van der Waals surface area contributed by atoms with Crippen LogP contribution >= 0.6 is 0 Å². The number of aliphatic carboxylic acids is 1. The highest BCUT2D eigenvalue weighted by atomic mass is 19.4. The lowest BCUT2D eigenvalue weighted by Gasteiger charge is -2.29. The minimum Gasteiger partial charge on any atom is -0.475 e. The van der Waals surface area contributed by atoms with Crippen LogP contribution in [0.5, 0.6) is 0 Å². The summed E-state index contributed by atoms with van der Waals surface area (Å²) in [6.45, 7) is 2.40. The van der Waals surface area contributed by atoms with E-state index in [1.54, 1.807) is 9.58 Å². The van der Waals surface area contributed by atoms with Gasteiger partial charge in [0, 0.05) is 31.0 Å². The number of nitrogens with zero attached hydrogens (tertiary/aromatic N) is 5. The van der Waals surface area contributed by atoms with Crippen molar-refractivity contribution in [1.29, 1.82) is 0 Å². The van der Waals surface area contributed by atoms with Gasteiger partial charge in [-0.25, -0.2) is 9.48 Å². The zero-order chi connectivity index (χ0) is 26.2. The van der Waals surface area contributed by atoms with Gasteiger partial charge in [0.2, 0.25) is 11.8 Å². The van der Waals surface area contributed by atoms with E-state index in [4.69, 9.17) is 9.90 Å². The van der Waals surface area contributed by atoms with Crippen LogP contribution in [0.2, 0.25) is 0 Å². The second kappa shape index (κ2) is 9.68. The number of hydrogen-bond acceptors (Lipinski definition) is 7. The Kier molecular flexibility index (Phi) is 6.80. The fourth-order valence-electron chi connectivity index (χ4n) is 4.45. The van der Waals surface area contributed by atoms with E-state index in [9.17, 15) is 27.6 Å². The summed E-state index contributed by atoms with van der Waals surface area (Å²) in [5.74, 6) is -3.24. The van der Waals surface area contributed by atoms with Crippen LogP contribution in [0.4, 0.5) is 13.2 Å². The van der Waals surface area contributed by atoms with Gasteiger partial charge in [-0.15, -0.1) is 5.10 Å². The van der Waals surface area contributed by atoms with Crippen molar-refractivity contribution in [3.63, 3.8) is 0 Å². The second-order valence-electron chi connectivity index (χ2n) is 8.88. The van der Waals surface area contributed by atoms with Crippen LogP contribution in [0.1, 0.15) is 46.8 Å². The molecular weight excluding hydrogens is 485 g/mol. The molecule has 192 valence electrons. The monoisotopic (exact) mass is 508 g/mol. The summed E-state index contributed by atoms with van der Waals surface area (Å²) in [5.41, 5.74) is 3.18. The number of carboxylic acid groups (broad SMARTS) is 1. The number of amides is 3. The zero-order valence-electron chi connectivity index (χ0n) is 19.2. The van der Waals surface area contributed by atoms with Crippen molar-refractivity contribution in [2.75, 3.05) is 20.1 Å². The number of piperidine rings is 1. The average molecular weight is 508 g/mol. The topological polar surface area (TPSA) is 138 Å². The Hall–Kier alpha value is -3.81. The van der Waals surface area contributed by atoms with Crippen LogP contribution < -0.4 is 5.32 Å². The number of aromatic nitrogens is 3. The highest BCUT2D eigenvalue weighted by molar-refractivity contribution is 6.05. The molecule has 0 saturated carbocycles. The van der Waals surface area contributed by atoms with Crippen LogP contribution in [-0.4, -0.2) is 85.9 Å². The van der Waals surface area contributed by atoms with Crippen molar-refractivity contribution in [2.45, 2.75) is 43.9 Å². The first kappa shape index (κ1) is 25.3. The van der Waals surface area contributed by atoms with E-state index < -0.39 is 24.1 Å². The third-order valence-corrected chi connectivity index (χ3v) is 6.34. The highest BCUT2D eigenvalue weighted by Gasteiger charge is 2.39. The quantitative estimate of drug-likeness (QED) is 0.588. The van der Waals surface area contributed by atoms with Crippen LogP contribution in [0, 0.1) is 0 Å². The van der Waals surface area contributed by atoms with E-state index in [2.05, 4.69) is 27.6 Å². The Morgan fingerprint density at radius 3 is 2.53 bits per heavy atom. The predicted octanol–water partition coefficient (Wildman–Crippen LogP) is 1.08. The van der Waals surface area contributed by atoms with E-state index in [0.717, 1.165) is 36.5 Å². The standard InChI is InChI=1S/C20H22N6O3.C2HF3O2/c1-24-7-6-13(9-24)16-11-26(23-22-16)14-3-2-12-10-25(20(29)15(12)8-14)17-4-5-18(27)21-19(17)28;3-2(4,5)1(6)7/h2-3,8,11,13,17H,4-7,9-10H2,1H3,(H,21,27,28);(H,6,7). The van der Waals surface area contributed by atoms with Gasteiger partial charge in [0.15, 0.2) is 0 Å². The number of hydrogen-bond donors (Lipinski definition) is 2. The molecule has 11 nitrogen and oxygen atoms in total. The lowest BCUT2D eigenvalue weighted by atomic mass is 10.0. The number of carboxylic acids is 1. The molecule has 2 saturated heterocycles. The Labute approximate surface area is 202 Å². The van der Waals surface area contributed by atoms with Gasteiger partial charge in [-0.2, -0.15) is 13.2 Å².